The number of aromatic nitrogens is 2. The normalized spacial score (nSPS) is 11.2. The van der Waals surface area contributed by atoms with Crippen LogP contribution < -0.4 is 15.9 Å². The van der Waals surface area contributed by atoms with Crippen LogP contribution in [0.4, 0.5) is 17.3 Å². The summed E-state index contributed by atoms with van der Waals surface area (Å²) >= 11 is 0. The fourth-order valence-electron chi connectivity index (χ4n) is 3.82. The molecule has 0 spiro atoms. The van der Waals surface area contributed by atoms with E-state index in [4.69, 9.17) is 0 Å². The van der Waals surface area contributed by atoms with Crippen LogP contribution in [0.15, 0.2) is 85.1 Å². The Kier molecular flexibility index (Phi) is 7.42. The van der Waals surface area contributed by atoms with Crippen LogP contribution >= 0.6 is 7.14 Å². The van der Waals surface area contributed by atoms with Gasteiger partial charge in [-0.1, -0.05) is 62.4 Å². The van der Waals surface area contributed by atoms with Crippen LogP contribution in [0.2, 0.25) is 0 Å². The molecule has 7 heteroatoms. The van der Waals surface area contributed by atoms with Gasteiger partial charge in [-0.15, -0.1) is 0 Å². The van der Waals surface area contributed by atoms with Crippen molar-refractivity contribution in [2.24, 2.45) is 0 Å². The molecule has 0 atom stereocenters. The maximum atomic E-state index is 12.9. The summed E-state index contributed by atoms with van der Waals surface area (Å²) < 4.78 is 12.9. The third kappa shape index (κ3) is 5.67. The van der Waals surface area contributed by atoms with Crippen LogP contribution in [0.1, 0.15) is 29.8 Å². The summed E-state index contributed by atoms with van der Waals surface area (Å²) in [6, 6.07) is 24.5. The fraction of sp³-hybridized carbons (Fsp3) is 0.179. The first-order valence-corrected chi connectivity index (χ1v) is 13.8. The average Bonchev–Trinajstić information content (AvgIpc) is 2.91. The summed E-state index contributed by atoms with van der Waals surface area (Å²) in [5.41, 5.74) is 4.80. The van der Waals surface area contributed by atoms with Gasteiger partial charge in [0.25, 0.3) is 5.91 Å². The van der Waals surface area contributed by atoms with Crippen molar-refractivity contribution in [3.63, 3.8) is 0 Å². The zero-order valence-corrected chi connectivity index (χ0v) is 21.0. The maximum Gasteiger partial charge on any atom is 0.255 e. The Hall–Kier alpha value is -3.76. The molecular formula is C28H29N4O2P. The van der Waals surface area contributed by atoms with Crippen molar-refractivity contribution in [3.05, 3.63) is 96.2 Å². The largest absolute Gasteiger partial charge is 0.324 e. The van der Waals surface area contributed by atoms with Crippen LogP contribution in [0.3, 0.4) is 0 Å². The van der Waals surface area contributed by atoms with E-state index in [1.807, 2.05) is 87.5 Å². The summed E-state index contributed by atoms with van der Waals surface area (Å²) in [6.07, 6.45) is 2.95. The van der Waals surface area contributed by atoms with E-state index in [0.29, 0.717) is 29.5 Å². The molecule has 1 heterocycles. The first-order valence-electron chi connectivity index (χ1n) is 11.7. The second-order valence-corrected chi connectivity index (χ2v) is 11.9. The second-order valence-electron chi connectivity index (χ2n) is 8.31. The number of carbonyl (C=O) groups excluding carboxylic acids is 1. The van der Waals surface area contributed by atoms with Crippen molar-refractivity contribution in [1.29, 1.82) is 0 Å². The molecule has 35 heavy (non-hydrogen) atoms. The Balaban J connectivity index is 1.50. The summed E-state index contributed by atoms with van der Waals surface area (Å²) in [5.74, 6) is 0.251. The first kappa shape index (κ1) is 24.4. The van der Waals surface area contributed by atoms with Gasteiger partial charge in [0.15, 0.2) is 0 Å². The Morgan fingerprint density at radius 2 is 1.63 bits per heavy atom. The molecule has 0 aliphatic heterocycles. The standard InChI is InChI=1S/C28H29N4O2P/c1-4-35(34,5-2)24-15-12-22(13-16-24)27(33)30-23-14-11-20(3)26(19-23)32-28-29-18-17-25(31-28)21-9-7-6-8-10-21/h6-19H,4-5H2,1-3H3,(H,30,33)(H,29,31,32). The highest BCUT2D eigenvalue weighted by Gasteiger charge is 2.20. The number of nitrogens with zero attached hydrogens (tertiary/aromatic N) is 2. The molecule has 1 amide bonds. The minimum Gasteiger partial charge on any atom is -0.324 e. The summed E-state index contributed by atoms with van der Waals surface area (Å²) in [4.78, 5) is 21.8. The highest BCUT2D eigenvalue weighted by atomic mass is 31.2. The van der Waals surface area contributed by atoms with E-state index in [9.17, 15) is 9.36 Å². The molecule has 1 aromatic heterocycles. The molecule has 4 aromatic rings. The van der Waals surface area contributed by atoms with Gasteiger partial charge in [-0.2, -0.15) is 0 Å². The van der Waals surface area contributed by atoms with E-state index >= 15 is 0 Å². The minimum atomic E-state index is -2.37. The average molecular weight is 485 g/mol. The number of hydrogen-bond acceptors (Lipinski definition) is 5. The van der Waals surface area contributed by atoms with Gasteiger partial charge in [0.05, 0.1) is 5.69 Å². The highest BCUT2D eigenvalue weighted by Crippen LogP contribution is 2.43. The van der Waals surface area contributed by atoms with Crippen molar-refractivity contribution in [2.45, 2.75) is 20.8 Å². The fourth-order valence-corrected chi connectivity index (χ4v) is 5.69. The van der Waals surface area contributed by atoms with Gasteiger partial charge >= 0.3 is 0 Å². The monoisotopic (exact) mass is 484 g/mol. The van der Waals surface area contributed by atoms with Gasteiger partial charge in [0, 0.05) is 46.3 Å². The molecule has 0 saturated carbocycles. The zero-order chi connectivity index (χ0) is 24.8. The molecular weight excluding hydrogens is 455 g/mol. The molecule has 4 rings (SSSR count). The second kappa shape index (κ2) is 10.7. The SMILES string of the molecule is CCP(=O)(CC)c1ccc(C(=O)Nc2ccc(C)c(Nc3nccc(-c4ccccc4)n3)c2)cc1. The van der Waals surface area contributed by atoms with Gasteiger partial charge in [0.2, 0.25) is 5.95 Å². The molecule has 0 bridgehead atoms. The third-order valence-electron chi connectivity index (χ3n) is 6.09. The van der Waals surface area contributed by atoms with Crippen molar-refractivity contribution in [1.82, 2.24) is 9.97 Å². The minimum absolute atomic E-state index is 0.225. The molecule has 0 aliphatic rings. The van der Waals surface area contributed by atoms with Crippen molar-refractivity contribution in [3.8, 4) is 11.3 Å². The lowest BCUT2D eigenvalue weighted by Crippen LogP contribution is -2.14. The van der Waals surface area contributed by atoms with E-state index < -0.39 is 7.14 Å². The molecule has 0 saturated heterocycles. The molecule has 0 radical (unpaired) electrons. The summed E-state index contributed by atoms with van der Waals surface area (Å²) in [5, 5.41) is 7.03. The number of carbonyl (C=O) groups is 1. The van der Waals surface area contributed by atoms with Crippen molar-refractivity contribution < 1.29 is 9.36 Å². The number of aryl methyl sites for hydroxylation is 1. The van der Waals surface area contributed by atoms with E-state index in [-0.39, 0.29) is 5.91 Å². The van der Waals surface area contributed by atoms with Gasteiger partial charge in [0.1, 0.15) is 7.14 Å². The van der Waals surface area contributed by atoms with Crippen LogP contribution in [-0.4, -0.2) is 28.2 Å². The lowest BCUT2D eigenvalue weighted by atomic mass is 10.1. The number of rotatable bonds is 8. The van der Waals surface area contributed by atoms with E-state index in [0.717, 1.165) is 27.8 Å². The topological polar surface area (TPSA) is 84.0 Å². The third-order valence-corrected chi connectivity index (χ3v) is 9.37. The van der Waals surface area contributed by atoms with Gasteiger partial charge in [-0.05, 0) is 42.8 Å². The van der Waals surface area contributed by atoms with Crippen LogP contribution in [0.25, 0.3) is 11.3 Å². The summed E-state index contributed by atoms with van der Waals surface area (Å²) in [7, 11) is -2.37. The van der Waals surface area contributed by atoms with Crippen LogP contribution in [0, 0.1) is 6.92 Å². The number of benzene rings is 3. The lowest BCUT2D eigenvalue weighted by molar-refractivity contribution is 0.102. The lowest BCUT2D eigenvalue weighted by Gasteiger charge is -2.15. The Bertz CT molecular complexity index is 1360. The van der Waals surface area contributed by atoms with Gasteiger partial charge in [-0.3, -0.25) is 4.79 Å². The predicted octanol–water partition coefficient (Wildman–Crippen LogP) is 6.48. The summed E-state index contributed by atoms with van der Waals surface area (Å²) in [6.45, 7) is 5.86. The van der Waals surface area contributed by atoms with E-state index in [1.165, 1.54) is 0 Å². The smallest absolute Gasteiger partial charge is 0.255 e. The van der Waals surface area contributed by atoms with E-state index in [2.05, 4.69) is 20.6 Å². The molecule has 2 N–H and O–H groups in total. The number of nitrogens with one attached hydrogen (secondary N) is 2. The number of anilines is 3. The number of hydrogen-bond donors (Lipinski definition) is 2. The number of amides is 1. The van der Waals surface area contributed by atoms with Gasteiger partial charge < -0.3 is 15.2 Å². The van der Waals surface area contributed by atoms with Crippen molar-refractivity contribution >= 4 is 35.7 Å². The first-order chi connectivity index (χ1) is 16.9. The van der Waals surface area contributed by atoms with Crippen LogP contribution in [0.5, 0.6) is 0 Å². The van der Waals surface area contributed by atoms with E-state index in [1.54, 1.807) is 18.3 Å². The van der Waals surface area contributed by atoms with Gasteiger partial charge in [-0.25, -0.2) is 9.97 Å². The molecule has 0 unspecified atom stereocenters. The Morgan fingerprint density at radius 1 is 0.914 bits per heavy atom. The quantitative estimate of drug-likeness (QED) is 0.280. The molecule has 178 valence electrons. The molecule has 3 aromatic carbocycles. The molecule has 6 nitrogen and oxygen atoms in total. The van der Waals surface area contributed by atoms with Crippen molar-refractivity contribution in [2.75, 3.05) is 23.0 Å². The highest BCUT2D eigenvalue weighted by molar-refractivity contribution is 7.71. The maximum absolute atomic E-state index is 12.9. The van der Waals surface area contributed by atoms with Crippen LogP contribution in [-0.2, 0) is 4.57 Å². The Labute approximate surface area is 206 Å². The molecule has 0 fully saturated rings. The molecule has 0 aliphatic carbocycles. The Morgan fingerprint density at radius 3 is 2.31 bits per heavy atom. The zero-order valence-electron chi connectivity index (χ0n) is 20.2. The predicted molar refractivity (Wildman–Crippen MR) is 145 cm³/mol.